The van der Waals surface area contributed by atoms with E-state index < -0.39 is 0 Å². The largest absolute Gasteiger partial charge is 0.488 e. The van der Waals surface area contributed by atoms with Gasteiger partial charge in [0.05, 0.1) is 17.2 Å². The van der Waals surface area contributed by atoms with Crippen molar-refractivity contribution in [2.75, 3.05) is 5.43 Å². The fraction of sp³-hybridized carbons (Fsp3) is 0.0476. The number of anilines is 1. The minimum absolute atomic E-state index is 0.433. The van der Waals surface area contributed by atoms with Crippen LogP contribution >= 0.6 is 11.6 Å². The maximum atomic E-state index is 6.02. The van der Waals surface area contributed by atoms with Crippen LogP contribution in [0.5, 0.6) is 5.75 Å². The van der Waals surface area contributed by atoms with Gasteiger partial charge in [-0.2, -0.15) is 5.10 Å². The average molecular weight is 377 g/mol. The van der Waals surface area contributed by atoms with Gasteiger partial charge in [-0.3, -0.25) is 0 Å². The molecule has 27 heavy (non-hydrogen) atoms. The number of aromatic nitrogens is 2. The van der Waals surface area contributed by atoms with E-state index in [0.29, 0.717) is 17.6 Å². The summed E-state index contributed by atoms with van der Waals surface area (Å²) in [4.78, 5) is 7.60. The van der Waals surface area contributed by atoms with Crippen LogP contribution in [0.15, 0.2) is 77.9 Å². The molecule has 0 bridgehead atoms. The number of halogens is 1. The third-order valence-electron chi connectivity index (χ3n) is 3.97. The van der Waals surface area contributed by atoms with Gasteiger partial charge < -0.3 is 9.72 Å². The summed E-state index contributed by atoms with van der Waals surface area (Å²) >= 11 is 6.02. The van der Waals surface area contributed by atoms with E-state index in [1.807, 2.05) is 72.8 Å². The molecule has 0 aliphatic heterocycles. The first-order valence-corrected chi connectivity index (χ1v) is 8.86. The Balaban J connectivity index is 1.44. The zero-order chi connectivity index (χ0) is 18.5. The molecule has 134 valence electrons. The Morgan fingerprint density at radius 2 is 1.89 bits per heavy atom. The molecule has 4 rings (SSSR count). The van der Waals surface area contributed by atoms with Crippen molar-refractivity contribution >= 4 is 34.8 Å². The zero-order valence-electron chi connectivity index (χ0n) is 14.4. The molecular weight excluding hydrogens is 360 g/mol. The van der Waals surface area contributed by atoms with Gasteiger partial charge in [0.1, 0.15) is 12.4 Å². The number of benzene rings is 3. The standard InChI is InChI=1S/C21H17ClN4O/c22-17-8-5-6-15(12-17)14-27-20-11-4-1-7-16(20)13-23-26-21-24-18-9-2-3-10-19(18)25-21/h1-13H,14H2,(H2,24,25,26)/b23-13-. The molecule has 4 aromatic rings. The van der Waals surface area contributed by atoms with Crippen molar-refractivity contribution in [3.8, 4) is 5.75 Å². The maximum Gasteiger partial charge on any atom is 0.222 e. The van der Waals surface area contributed by atoms with E-state index in [2.05, 4.69) is 20.5 Å². The highest BCUT2D eigenvalue weighted by Crippen LogP contribution is 2.19. The Kier molecular flexibility index (Phi) is 5.03. The highest BCUT2D eigenvalue weighted by molar-refractivity contribution is 6.30. The highest BCUT2D eigenvalue weighted by Gasteiger charge is 2.03. The van der Waals surface area contributed by atoms with E-state index in [9.17, 15) is 0 Å². The lowest BCUT2D eigenvalue weighted by Crippen LogP contribution is -1.99. The number of hydrogen-bond donors (Lipinski definition) is 2. The summed E-state index contributed by atoms with van der Waals surface area (Å²) in [6.45, 7) is 0.433. The number of aromatic amines is 1. The van der Waals surface area contributed by atoms with Gasteiger partial charge in [-0.05, 0) is 42.0 Å². The van der Waals surface area contributed by atoms with E-state index >= 15 is 0 Å². The van der Waals surface area contributed by atoms with Gasteiger partial charge in [-0.25, -0.2) is 10.4 Å². The number of imidazole rings is 1. The van der Waals surface area contributed by atoms with Crippen molar-refractivity contribution in [2.45, 2.75) is 6.61 Å². The molecule has 0 saturated heterocycles. The number of nitrogens with zero attached hydrogens (tertiary/aromatic N) is 2. The third kappa shape index (κ3) is 4.27. The summed E-state index contributed by atoms with van der Waals surface area (Å²) < 4.78 is 5.93. The van der Waals surface area contributed by atoms with Crippen LogP contribution in [0.1, 0.15) is 11.1 Å². The molecule has 0 amide bonds. The lowest BCUT2D eigenvalue weighted by molar-refractivity contribution is 0.306. The van der Waals surface area contributed by atoms with Crippen LogP contribution < -0.4 is 10.2 Å². The Morgan fingerprint density at radius 3 is 2.78 bits per heavy atom. The van der Waals surface area contributed by atoms with Crippen molar-refractivity contribution in [2.24, 2.45) is 5.10 Å². The monoisotopic (exact) mass is 376 g/mol. The van der Waals surface area contributed by atoms with Gasteiger partial charge in [0.25, 0.3) is 0 Å². The minimum Gasteiger partial charge on any atom is -0.488 e. The molecule has 1 aromatic heterocycles. The number of ether oxygens (including phenoxy) is 1. The molecule has 0 aliphatic carbocycles. The SMILES string of the molecule is Clc1cccc(COc2ccccc2/C=N\Nc2nc3ccccc3[nH]2)c1. The molecule has 0 atom stereocenters. The molecule has 0 spiro atoms. The molecule has 0 saturated carbocycles. The highest BCUT2D eigenvalue weighted by atomic mass is 35.5. The molecule has 6 heteroatoms. The van der Waals surface area contributed by atoms with Crippen molar-refractivity contribution in [1.82, 2.24) is 9.97 Å². The molecule has 0 aliphatic rings. The van der Waals surface area contributed by atoms with E-state index in [1.54, 1.807) is 6.21 Å². The van der Waals surface area contributed by atoms with Crippen LogP contribution in [0.2, 0.25) is 5.02 Å². The lowest BCUT2D eigenvalue weighted by Gasteiger charge is -2.09. The average Bonchev–Trinajstić information content (AvgIpc) is 3.10. The van der Waals surface area contributed by atoms with E-state index in [0.717, 1.165) is 27.9 Å². The van der Waals surface area contributed by atoms with Gasteiger partial charge in [0.2, 0.25) is 5.95 Å². The Hall–Kier alpha value is -3.31. The number of para-hydroxylation sites is 3. The first kappa shape index (κ1) is 17.1. The van der Waals surface area contributed by atoms with E-state index in [-0.39, 0.29) is 0 Å². The molecule has 0 unspecified atom stereocenters. The van der Waals surface area contributed by atoms with Crippen LogP contribution in [0.3, 0.4) is 0 Å². The van der Waals surface area contributed by atoms with E-state index in [1.165, 1.54) is 0 Å². The van der Waals surface area contributed by atoms with Crippen molar-refractivity contribution in [1.29, 1.82) is 0 Å². The minimum atomic E-state index is 0.433. The summed E-state index contributed by atoms with van der Waals surface area (Å²) in [5.41, 5.74) is 6.64. The van der Waals surface area contributed by atoms with Gasteiger partial charge in [0.15, 0.2) is 0 Å². The summed E-state index contributed by atoms with van der Waals surface area (Å²) in [7, 11) is 0. The Morgan fingerprint density at radius 1 is 1.04 bits per heavy atom. The predicted molar refractivity (Wildman–Crippen MR) is 110 cm³/mol. The van der Waals surface area contributed by atoms with Crippen LogP contribution in [0.4, 0.5) is 5.95 Å². The quantitative estimate of drug-likeness (QED) is 0.357. The van der Waals surface area contributed by atoms with Gasteiger partial charge in [0, 0.05) is 10.6 Å². The number of hydrazone groups is 1. The van der Waals surface area contributed by atoms with Crippen LogP contribution in [-0.2, 0) is 6.61 Å². The number of fused-ring (bicyclic) bond motifs is 1. The summed E-state index contributed by atoms with van der Waals surface area (Å²) in [6.07, 6.45) is 1.71. The van der Waals surface area contributed by atoms with E-state index in [4.69, 9.17) is 16.3 Å². The maximum absolute atomic E-state index is 6.02. The van der Waals surface area contributed by atoms with Crippen molar-refractivity contribution in [3.05, 3.63) is 88.9 Å². The smallest absolute Gasteiger partial charge is 0.222 e. The summed E-state index contributed by atoms with van der Waals surface area (Å²) in [5, 5.41) is 4.96. The topological polar surface area (TPSA) is 62.3 Å². The molecule has 3 aromatic carbocycles. The van der Waals surface area contributed by atoms with Gasteiger partial charge in [-0.15, -0.1) is 0 Å². The fourth-order valence-corrected chi connectivity index (χ4v) is 2.89. The van der Waals surface area contributed by atoms with Gasteiger partial charge >= 0.3 is 0 Å². The predicted octanol–water partition coefficient (Wildman–Crippen LogP) is 5.24. The molecule has 2 N–H and O–H groups in total. The molecule has 1 heterocycles. The number of rotatable bonds is 6. The fourth-order valence-electron chi connectivity index (χ4n) is 2.68. The Labute approximate surface area is 161 Å². The van der Waals surface area contributed by atoms with Crippen LogP contribution in [-0.4, -0.2) is 16.2 Å². The lowest BCUT2D eigenvalue weighted by atomic mass is 10.2. The molecule has 5 nitrogen and oxygen atoms in total. The van der Waals surface area contributed by atoms with Crippen molar-refractivity contribution < 1.29 is 4.74 Å². The second kappa shape index (κ2) is 7.93. The zero-order valence-corrected chi connectivity index (χ0v) is 15.1. The number of hydrogen-bond acceptors (Lipinski definition) is 4. The van der Waals surface area contributed by atoms with Gasteiger partial charge in [-0.1, -0.05) is 48.0 Å². The third-order valence-corrected chi connectivity index (χ3v) is 4.20. The van der Waals surface area contributed by atoms with Crippen LogP contribution in [0.25, 0.3) is 11.0 Å². The number of nitrogens with one attached hydrogen (secondary N) is 2. The molecule has 0 fully saturated rings. The Bertz CT molecular complexity index is 1060. The second-order valence-corrected chi connectivity index (χ2v) is 6.37. The summed E-state index contributed by atoms with van der Waals surface area (Å²) in [6, 6.07) is 23.2. The summed E-state index contributed by atoms with van der Waals surface area (Å²) in [5.74, 6) is 1.33. The second-order valence-electron chi connectivity index (χ2n) is 5.93. The first-order chi connectivity index (χ1) is 13.3. The first-order valence-electron chi connectivity index (χ1n) is 8.48. The van der Waals surface area contributed by atoms with Crippen molar-refractivity contribution in [3.63, 3.8) is 0 Å². The molecule has 0 radical (unpaired) electrons. The van der Waals surface area contributed by atoms with Crippen LogP contribution in [0, 0.1) is 0 Å². The normalized spacial score (nSPS) is 11.1. The molecular formula is C21H17ClN4O. The number of H-pyrrole nitrogens is 1.